The third-order valence-corrected chi connectivity index (χ3v) is 2.11. The zero-order valence-electron chi connectivity index (χ0n) is 7.22. The standard InChI is InChI=1S/C8H14N2O2/c1-9-8(12)10-6-2-4-7(11)5-3-6/h6H,2-5H2,1H3,(H2,9,10,12). The molecule has 0 atom stereocenters. The lowest BCUT2D eigenvalue weighted by atomic mass is 9.94. The van der Waals surface area contributed by atoms with Crippen molar-refractivity contribution >= 4 is 11.8 Å². The van der Waals surface area contributed by atoms with Gasteiger partial charge in [0, 0.05) is 25.9 Å². The van der Waals surface area contributed by atoms with E-state index in [1.807, 2.05) is 0 Å². The molecule has 0 spiro atoms. The fourth-order valence-electron chi connectivity index (χ4n) is 1.34. The Balaban J connectivity index is 2.26. The third-order valence-electron chi connectivity index (χ3n) is 2.11. The highest BCUT2D eigenvalue weighted by Gasteiger charge is 2.19. The first-order chi connectivity index (χ1) is 5.72. The summed E-state index contributed by atoms with van der Waals surface area (Å²) in [5.74, 6) is 0.310. The Labute approximate surface area is 71.7 Å². The van der Waals surface area contributed by atoms with Gasteiger partial charge >= 0.3 is 6.03 Å². The highest BCUT2D eigenvalue weighted by atomic mass is 16.2. The molecule has 1 aliphatic carbocycles. The van der Waals surface area contributed by atoms with Gasteiger partial charge in [-0.3, -0.25) is 4.79 Å². The number of ketones is 1. The second kappa shape index (κ2) is 4.09. The highest BCUT2D eigenvalue weighted by Crippen LogP contribution is 2.14. The summed E-state index contributed by atoms with van der Waals surface area (Å²) >= 11 is 0. The SMILES string of the molecule is CNC(=O)NC1CCC(=O)CC1. The van der Waals surface area contributed by atoms with E-state index in [4.69, 9.17) is 0 Å². The first-order valence-electron chi connectivity index (χ1n) is 4.22. The van der Waals surface area contributed by atoms with Gasteiger partial charge in [-0.1, -0.05) is 0 Å². The van der Waals surface area contributed by atoms with E-state index in [2.05, 4.69) is 10.6 Å². The molecule has 0 unspecified atom stereocenters. The number of hydrogen-bond acceptors (Lipinski definition) is 2. The summed E-state index contributed by atoms with van der Waals surface area (Å²) < 4.78 is 0. The van der Waals surface area contributed by atoms with Crippen LogP contribution in [0.2, 0.25) is 0 Å². The molecular formula is C8H14N2O2. The van der Waals surface area contributed by atoms with E-state index >= 15 is 0 Å². The number of urea groups is 1. The van der Waals surface area contributed by atoms with Crippen molar-refractivity contribution in [3.8, 4) is 0 Å². The van der Waals surface area contributed by atoms with Gasteiger partial charge in [0.25, 0.3) is 0 Å². The number of Topliss-reactive ketones (excluding diaryl/α,β-unsaturated/α-hetero) is 1. The van der Waals surface area contributed by atoms with Crippen LogP contribution in [0.25, 0.3) is 0 Å². The molecule has 12 heavy (non-hydrogen) atoms. The lowest BCUT2D eigenvalue weighted by Crippen LogP contribution is -2.42. The summed E-state index contributed by atoms with van der Waals surface area (Å²) in [6.45, 7) is 0. The van der Waals surface area contributed by atoms with Crippen molar-refractivity contribution in [3.63, 3.8) is 0 Å². The molecule has 4 nitrogen and oxygen atoms in total. The maximum absolute atomic E-state index is 10.9. The minimum atomic E-state index is -0.158. The van der Waals surface area contributed by atoms with Crippen molar-refractivity contribution in [1.82, 2.24) is 10.6 Å². The number of hydrogen-bond donors (Lipinski definition) is 2. The zero-order chi connectivity index (χ0) is 8.97. The van der Waals surface area contributed by atoms with Crippen LogP contribution in [0.5, 0.6) is 0 Å². The molecular weight excluding hydrogens is 156 g/mol. The summed E-state index contributed by atoms with van der Waals surface area (Å²) in [4.78, 5) is 21.7. The lowest BCUT2D eigenvalue weighted by Gasteiger charge is -2.21. The van der Waals surface area contributed by atoms with Gasteiger partial charge in [0.2, 0.25) is 0 Å². The summed E-state index contributed by atoms with van der Waals surface area (Å²) in [6.07, 6.45) is 2.78. The molecule has 0 heterocycles. The van der Waals surface area contributed by atoms with Crippen LogP contribution >= 0.6 is 0 Å². The molecule has 2 N–H and O–H groups in total. The monoisotopic (exact) mass is 170 g/mol. The van der Waals surface area contributed by atoms with E-state index in [0.717, 1.165) is 12.8 Å². The van der Waals surface area contributed by atoms with Crippen LogP contribution in [0.15, 0.2) is 0 Å². The van der Waals surface area contributed by atoms with Gasteiger partial charge in [-0.05, 0) is 12.8 Å². The van der Waals surface area contributed by atoms with Crippen molar-refractivity contribution in [1.29, 1.82) is 0 Å². The van der Waals surface area contributed by atoms with Crippen molar-refractivity contribution in [2.24, 2.45) is 0 Å². The first kappa shape index (κ1) is 9.03. The minimum absolute atomic E-state index is 0.158. The van der Waals surface area contributed by atoms with E-state index < -0.39 is 0 Å². The van der Waals surface area contributed by atoms with Gasteiger partial charge in [-0.25, -0.2) is 4.79 Å². The van der Waals surface area contributed by atoms with E-state index in [1.165, 1.54) is 0 Å². The molecule has 0 aromatic rings. The van der Waals surface area contributed by atoms with Crippen LogP contribution in [0.3, 0.4) is 0 Å². The topological polar surface area (TPSA) is 58.2 Å². The summed E-state index contributed by atoms with van der Waals surface area (Å²) in [6, 6.07) is 0.0250. The van der Waals surface area contributed by atoms with Crippen LogP contribution in [-0.2, 0) is 4.79 Å². The maximum atomic E-state index is 10.9. The minimum Gasteiger partial charge on any atom is -0.341 e. The molecule has 0 saturated heterocycles. The van der Waals surface area contributed by atoms with Crippen LogP contribution < -0.4 is 10.6 Å². The van der Waals surface area contributed by atoms with Crippen molar-refractivity contribution < 1.29 is 9.59 Å². The van der Waals surface area contributed by atoms with Crippen molar-refractivity contribution in [3.05, 3.63) is 0 Å². The molecule has 1 rings (SSSR count). The molecule has 0 aromatic heterocycles. The lowest BCUT2D eigenvalue weighted by molar-refractivity contribution is -0.120. The Morgan fingerprint density at radius 1 is 1.42 bits per heavy atom. The Morgan fingerprint density at radius 2 is 2.00 bits per heavy atom. The second-order valence-electron chi connectivity index (χ2n) is 3.04. The Hall–Kier alpha value is -1.06. The average Bonchev–Trinajstić information content (AvgIpc) is 2.09. The van der Waals surface area contributed by atoms with E-state index in [9.17, 15) is 9.59 Å². The fourth-order valence-corrected chi connectivity index (χ4v) is 1.34. The maximum Gasteiger partial charge on any atom is 0.314 e. The zero-order valence-corrected chi connectivity index (χ0v) is 7.22. The first-order valence-corrected chi connectivity index (χ1v) is 4.22. The number of nitrogens with one attached hydrogen (secondary N) is 2. The number of carbonyl (C=O) groups excluding carboxylic acids is 2. The van der Waals surface area contributed by atoms with Gasteiger partial charge in [-0.15, -0.1) is 0 Å². The van der Waals surface area contributed by atoms with Crippen LogP contribution in [0.1, 0.15) is 25.7 Å². The molecule has 1 saturated carbocycles. The Bertz CT molecular complexity index is 181. The van der Waals surface area contributed by atoms with Gasteiger partial charge in [0.05, 0.1) is 0 Å². The van der Waals surface area contributed by atoms with E-state index in [0.29, 0.717) is 18.6 Å². The van der Waals surface area contributed by atoms with Gasteiger partial charge < -0.3 is 10.6 Å². The fraction of sp³-hybridized carbons (Fsp3) is 0.750. The smallest absolute Gasteiger partial charge is 0.314 e. The normalized spacial score (nSPS) is 18.9. The van der Waals surface area contributed by atoms with Crippen LogP contribution in [-0.4, -0.2) is 24.9 Å². The highest BCUT2D eigenvalue weighted by molar-refractivity contribution is 5.80. The van der Waals surface area contributed by atoms with Gasteiger partial charge in [-0.2, -0.15) is 0 Å². The molecule has 1 aliphatic rings. The molecule has 4 heteroatoms. The molecule has 0 radical (unpaired) electrons. The van der Waals surface area contributed by atoms with E-state index in [-0.39, 0.29) is 12.1 Å². The van der Waals surface area contributed by atoms with Gasteiger partial charge in [0.1, 0.15) is 5.78 Å². The second-order valence-corrected chi connectivity index (χ2v) is 3.04. The third kappa shape index (κ3) is 2.53. The van der Waals surface area contributed by atoms with Gasteiger partial charge in [0.15, 0.2) is 0 Å². The number of amides is 2. The number of carbonyl (C=O) groups is 2. The van der Waals surface area contributed by atoms with Crippen LogP contribution in [0.4, 0.5) is 4.79 Å². The molecule has 0 aromatic carbocycles. The summed E-state index contributed by atoms with van der Waals surface area (Å²) in [7, 11) is 1.59. The predicted octanol–water partition coefficient (Wildman–Crippen LogP) is 0.427. The molecule has 0 aliphatic heterocycles. The summed E-state index contributed by atoms with van der Waals surface area (Å²) in [5.41, 5.74) is 0. The summed E-state index contributed by atoms with van der Waals surface area (Å²) in [5, 5.41) is 5.28. The Morgan fingerprint density at radius 3 is 2.50 bits per heavy atom. The predicted molar refractivity (Wildman–Crippen MR) is 44.9 cm³/mol. The molecule has 1 fully saturated rings. The number of rotatable bonds is 1. The van der Waals surface area contributed by atoms with E-state index in [1.54, 1.807) is 7.05 Å². The van der Waals surface area contributed by atoms with Crippen molar-refractivity contribution in [2.45, 2.75) is 31.7 Å². The largest absolute Gasteiger partial charge is 0.341 e. The van der Waals surface area contributed by atoms with Crippen LogP contribution in [0, 0.1) is 0 Å². The molecule has 0 bridgehead atoms. The average molecular weight is 170 g/mol. The van der Waals surface area contributed by atoms with Crippen molar-refractivity contribution in [2.75, 3.05) is 7.05 Å². The molecule has 2 amide bonds. The quantitative estimate of drug-likeness (QED) is 0.599. The molecule has 68 valence electrons. The Kier molecular flexibility index (Phi) is 3.08.